The van der Waals surface area contributed by atoms with E-state index in [1.54, 1.807) is 4.90 Å². The highest BCUT2D eigenvalue weighted by Gasteiger charge is 2.38. The number of aryl methyl sites for hydroxylation is 1. The molecule has 13 heteroatoms. The van der Waals surface area contributed by atoms with E-state index in [0.29, 0.717) is 52.5 Å². The third kappa shape index (κ3) is 5.50. The smallest absolute Gasteiger partial charge is 0.407 e. The number of nitrogen functional groups attached to an aromatic ring is 1. The van der Waals surface area contributed by atoms with Crippen molar-refractivity contribution in [2.75, 3.05) is 24.0 Å². The van der Waals surface area contributed by atoms with Crippen LogP contribution in [-0.2, 0) is 6.54 Å². The van der Waals surface area contributed by atoms with Gasteiger partial charge in [-0.3, -0.25) is 0 Å². The lowest BCUT2D eigenvalue weighted by atomic mass is 9.87. The minimum Gasteiger partial charge on any atom is -0.465 e. The van der Waals surface area contributed by atoms with Crippen LogP contribution in [0.3, 0.4) is 0 Å². The Morgan fingerprint density at radius 1 is 1.29 bits per heavy atom. The third-order valence-electron chi connectivity index (χ3n) is 6.87. The van der Waals surface area contributed by atoms with Crippen molar-refractivity contribution in [1.29, 1.82) is 0 Å². The molecule has 5 rings (SSSR count). The van der Waals surface area contributed by atoms with E-state index in [2.05, 4.69) is 25.9 Å². The first kappa shape index (κ1) is 27.2. The van der Waals surface area contributed by atoms with E-state index in [1.165, 1.54) is 18.1 Å². The largest absolute Gasteiger partial charge is 0.465 e. The Morgan fingerprint density at radius 2 is 2.00 bits per heavy atom. The van der Waals surface area contributed by atoms with Gasteiger partial charge in [0.2, 0.25) is 6.79 Å². The molecule has 3 aromatic rings. The van der Waals surface area contributed by atoms with Crippen molar-refractivity contribution in [2.24, 2.45) is 5.92 Å². The summed E-state index contributed by atoms with van der Waals surface area (Å²) in [5.74, 6) is 4.07. The molecule has 38 heavy (non-hydrogen) atoms. The summed E-state index contributed by atoms with van der Waals surface area (Å²) < 4.78 is 14.0. The zero-order valence-electron chi connectivity index (χ0n) is 21.5. The van der Waals surface area contributed by atoms with Crippen LogP contribution in [0.2, 0.25) is 0 Å². The number of nitrogens with two attached hydrogens (primary N) is 1. The molecule has 0 saturated carbocycles. The number of rotatable bonds is 7. The molecule has 1 fully saturated rings. The highest BCUT2D eigenvalue weighted by atomic mass is 79.9. The Morgan fingerprint density at radius 3 is 2.68 bits per heavy atom. The van der Waals surface area contributed by atoms with Crippen molar-refractivity contribution in [3.63, 3.8) is 0 Å². The Hall–Kier alpha value is -2.38. The molecule has 1 amide bonds. The van der Waals surface area contributed by atoms with Crippen molar-refractivity contribution in [1.82, 2.24) is 24.4 Å². The second-order valence-electron chi connectivity index (χ2n) is 10.3. The lowest BCUT2D eigenvalue weighted by Crippen LogP contribution is -2.54. The molecule has 204 valence electrons. The first-order valence-electron chi connectivity index (χ1n) is 12.5. The predicted molar refractivity (Wildman–Crippen MR) is 152 cm³/mol. The summed E-state index contributed by atoms with van der Waals surface area (Å²) in [6.45, 7) is 6.61. The van der Waals surface area contributed by atoms with E-state index in [9.17, 15) is 9.90 Å². The monoisotopic (exact) mass is 622 g/mol. The summed E-state index contributed by atoms with van der Waals surface area (Å²) in [7, 11) is 0. The predicted octanol–water partition coefficient (Wildman–Crippen LogP) is 5.73. The topological polar surface area (TPSA) is 129 Å². The van der Waals surface area contributed by atoms with Crippen LogP contribution in [0.5, 0.6) is 11.5 Å². The number of halogens is 1. The first-order valence-corrected chi connectivity index (χ1v) is 15.2. The number of carboxylic acid groups (broad SMARTS) is 1. The highest BCUT2D eigenvalue weighted by molar-refractivity contribution is 9.10. The van der Waals surface area contributed by atoms with Crippen molar-refractivity contribution in [3.8, 4) is 11.5 Å². The van der Waals surface area contributed by atoms with Gasteiger partial charge in [-0.2, -0.15) is 11.8 Å². The number of imidazole rings is 1. The van der Waals surface area contributed by atoms with Gasteiger partial charge in [0, 0.05) is 27.5 Å². The van der Waals surface area contributed by atoms with E-state index in [1.807, 2.05) is 49.2 Å². The second kappa shape index (κ2) is 11.0. The van der Waals surface area contributed by atoms with Crippen LogP contribution < -0.4 is 15.2 Å². The van der Waals surface area contributed by atoms with Crippen LogP contribution in [0.1, 0.15) is 40.0 Å². The zero-order chi connectivity index (χ0) is 27.0. The number of aromatic nitrogens is 4. The summed E-state index contributed by atoms with van der Waals surface area (Å²) in [5, 5.41) is 11.0. The maximum atomic E-state index is 12.5. The number of nitrogens with zero attached hydrogens (tertiary/aromatic N) is 5. The fraction of sp³-hybridized carbons (Fsp3) is 0.520. The molecule has 1 unspecified atom stereocenters. The molecule has 4 heterocycles. The van der Waals surface area contributed by atoms with Crippen LogP contribution in [0, 0.1) is 5.92 Å². The normalized spacial score (nSPS) is 16.6. The van der Waals surface area contributed by atoms with Gasteiger partial charge in [0.05, 0.1) is 0 Å². The molecule has 0 radical (unpaired) electrons. The molecule has 2 aromatic heterocycles. The summed E-state index contributed by atoms with van der Waals surface area (Å²) in [5.41, 5.74) is 6.82. The Labute approximate surface area is 238 Å². The number of benzene rings is 1. The SMILES string of the molecule is CC(C)(C)N(C(=O)O)C(CCn1c(Sc2cc3c(cc2Br)OCO3)nc2c(N)ncnc21)C1CCSCC1. The molecule has 1 atom stereocenters. The summed E-state index contributed by atoms with van der Waals surface area (Å²) in [6, 6.07) is 3.67. The van der Waals surface area contributed by atoms with E-state index in [0.717, 1.165) is 33.7 Å². The maximum Gasteiger partial charge on any atom is 0.407 e. The van der Waals surface area contributed by atoms with Gasteiger partial charge in [-0.05, 0) is 85.5 Å². The van der Waals surface area contributed by atoms with E-state index >= 15 is 0 Å². The fourth-order valence-corrected chi connectivity index (χ4v) is 7.80. The van der Waals surface area contributed by atoms with Gasteiger partial charge in [0.15, 0.2) is 33.6 Å². The van der Waals surface area contributed by atoms with Gasteiger partial charge in [-0.25, -0.2) is 19.7 Å². The van der Waals surface area contributed by atoms with E-state index < -0.39 is 11.6 Å². The molecular weight excluding hydrogens is 592 g/mol. The second-order valence-corrected chi connectivity index (χ2v) is 13.4. The number of amides is 1. The van der Waals surface area contributed by atoms with E-state index in [-0.39, 0.29) is 12.8 Å². The van der Waals surface area contributed by atoms with Crippen molar-refractivity contribution >= 4 is 62.5 Å². The first-order chi connectivity index (χ1) is 18.1. The zero-order valence-corrected chi connectivity index (χ0v) is 24.7. The molecular formula is C25H31BrN6O4S2. The minimum atomic E-state index is -0.887. The maximum absolute atomic E-state index is 12.5. The molecule has 3 N–H and O–H groups in total. The average Bonchev–Trinajstić information content (AvgIpc) is 3.46. The van der Waals surface area contributed by atoms with Gasteiger partial charge in [-0.15, -0.1) is 0 Å². The molecule has 2 aliphatic heterocycles. The molecule has 10 nitrogen and oxygen atoms in total. The van der Waals surface area contributed by atoms with Crippen LogP contribution in [0.15, 0.2) is 33.0 Å². The minimum absolute atomic E-state index is 0.139. The number of fused-ring (bicyclic) bond motifs is 2. The summed E-state index contributed by atoms with van der Waals surface area (Å²) in [6.07, 6.45) is 3.18. The number of thioether (sulfide) groups is 1. The van der Waals surface area contributed by atoms with Gasteiger partial charge >= 0.3 is 6.09 Å². The Kier molecular flexibility index (Phi) is 7.88. The molecule has 0 aliphatic carbocycles. The third-order valence-corrected chi connectivity index (χ3v) is 9.89. The quantitative estimate of drug-likeness (QED) is 0.337. The number of carbonyl (C=O) groups is 1. The van der Waals surface area contributed by atoms with Crippen LogP contribution >= 0.6 is 39.5 Å². The van der Waals surface area contributed by atoms with E-state index in [4.69, 9.17) is 20.2 Å². The van der Waals surface area contributed by atoms with Crippen LogP contribution in [0.4, 0.5) is 10.6 Å². The van der Waals surface area contributed by atoms with Gasteiger partial charge in [0.1, 0.15) is 6.33 Å². The molecule has 0 bridgehead atoms. The van der Waals surface area contributed by atoms with Gasteiger partial charge in [-0.1, -0.05) is 11.8 Å². The summed E-state index contributed by atoms with van der Waals surface area (Å²) >= 11 is 7.04. The van der Waals surface area contributed by atoms with Crippen LogP contribution in [0.25, 0.3) is 11.2 Å². The average molecular weight is 624 g/mol. The number of anilines is 1. The van der Waals surface area contributed by atoms with Crippen molar-refractivity contribution in [3.05, 3.63) is 22.9 Å². The standard InChI is InChI=1S/C25H31BrN6O4S2/c1-25(2,3)32(24(33)34)16(14-5-8-37-9-6-14)4-7-31-22-20(21(27)28-12-29-22)30-23(31)38-19-11-18-17(10-15(19)26)35-13-36-18/h10-12,14,16H,4-9,13H2,1-3H3,(H,33,34)(H2,27,28,29). The highest BCUT2D eigenvalue weighted by Crippen LogP contribution is 2.43. The van der Waals surface area contributed by atoms with Crippen molar-refractivity contribution in [2.45, 2.75) is 68.2 Å². The summed E-state index contributed by atoms with van der Waals surface area (Å²) in [4.78, 5) is 28.5. The lowest BCUT2D eigenvalue weighted by molar-refractivity contribution is 0.0408. The Balaban J connectivity index is 1.51. The van der Waals surface area contributed by atoms with Crippen molar-refractivity contribution < 1.29 is 19.4 Å². The lowest BCUT2D eigenvalue weighted by Gasteiger charge is -2.44. The molecule has 1 saturated heterocycles. The molecule has 0 spiro atoms. The number of hydrogen-bond acceptors (Lipinski definition) is 9. The number of ether oxygens (including phenoxy) is 2. The van der Waals surface area contributed by atoms with Gasteiger partial charge in [0.25, 0.3) is 0 Å². The Bertz CT molecular complexity index is 1340. The molecule has 2 aliphatic rings. The fourth-order valence-electron chi connectivity index (χ4n) is 5.15. The van der Waals surface area contributed by atoms with Gasteiger partial charge < -0.3 is 29.8 Å². The molecule has 1 aromatic carbocycles. The van der Waals surface area contributed by atoms with Crippen LogP contribution in [-0.4, -0.2) is 65.5 Å². The number of hydrogen-bond donors (Lipinski definition) is 2.